The first-order valence-electron chi connectivity index (χ1n) is 5.19. The molecule has 2 N–H and O–H groups in total. The fourth-order valence-electron chi connectivity index (χ4n) is 1.51. The van der Waals surface area contributed by atoms with Gasteiger partial charge in [-0.15, -0.1) is 0 Å². The minimum Gasteiger partial charge on any atom is -0.480 e. The fourth-order valence-corrected chi connectivity index (χ4v) is 1.51. The maximum atomic E-state index is 10.7. The van der Waals surface area contributed by atoms with E-state index in [1.54, 1.807) is 6.92 Å². The molecule has 0 saturated carbocycles. The Morgan fingerprint density at radius 3 is 2.47 bits per heavy atom. The fraction of sp³-hybridized carbons (Fsp3) is 0.417. The van der Waals surface area contributed by atoms with E-state index in [9.17, 15) is 4.79 Å². The number of aliphatic carboxylic acids is 1. The zero-order chi connectivity index (χ0) is 11.3. The van der Waals surface area contributed by atoms with Crippen LogP contribution in [0, 0.1) is 0 Å². The van der Waals surface area contributed by atoms with Crippen molar-refractivity contribution < 1.29 is 9.90 Å². The van der Waals surface area contributed by atoms with Gasteiger partial charge >= 0.3 is 5.97 Å². The summed E-state index contributed by atoms with van der Waals surface area (Å²) in [6.45, 7) is 3.70. The minimum atomic E-state index is -0.815. The maximum Gasteiger partial charge on any atom is 0.320 e. The van der Waals surface area contributed by atoms with Crippen LogP contribution >= 0.6 is 0 Å². The van der Waals surface area contributed by atoms with Gasteiger partial charge in [0.1, 0.15) is 6.04 Å². The van der Waals surface area contributed by atoms with E-state index in [1.807, 2.05) is 37.3 Å². The number of carboxylic acids is 1. The molecule has 0 aromatic heterocycles. The molecule has 1 unspecified atom stereocenters. The molecule has 82 valence electrons. The summed E-state index contributed by atoms with van der Waals surface area (Å²) in [6, 6.07) is 9.49. The van der Waals surface area contributed by atoms with E-state index in [2.05, 4.69) is 5.32 Å². The zero-order valence-electron chi connectivity index (χ0n) is 9.10. The maximum absolute atomic E-state index is 10.7. The van der Waals surface area contributed by atoms with E-state index in [1.165, 1.54) is 0 Å². The van der Waals surface area contributed by atoms with Crippen LogP contribution in [-0.2, 0) is 4.79 Å². The largest absolute Gasteiger partial charge is 0.480 e. The number of benzene rings is 1. The standard InChI is InChI=1S/C12H17NO2/c1-3-11(13-9(2)12(14)15)10-7-5-4-6-8-10/h4-9,11,13H,3H2,1-2H3,(H,14,15)/t9-,11?/m0/s1. The van der Waals surface area contributed by atoms with Gasteiger partial charge in [0, 0.05) is 6.04 Å². The number of hydrogen-bond acceptors (Lipinski definition) is 2. The van der Waals surface area contributed by atoms with Crippen molar-refractivity contribution in [1.82, 2.24) is 5.32 Å². The summed E-state index contributed by atoms with van der Waals surface area (Å²) >= 11 is 0. The predicted molar refractivity (Wildman–Crippen MR) is 59.7 cm³/mol. The molecule has 0 radical (unpaired) electrons. The van der Waals surface area contributed by atoms with Gasteiger partial charge in [-0.1, -0.05) is 37.3 Å². The Balaban J connectivity index is 2.69. The summed E-state index contributed by atoms with van der Waals surface area (Å²) < 4.78 is 0. The molecule has 0 aliphatic carbocycles. The van der Waals surface area contributed by atoms with Crippen LogP contribution in [0.1, 0.15) is 31.9 Å². The Labute approximate surface area is 90.1 Å². The third kappa shape index (κ3) is 3.36. The lowest BCUT2D eigenvalue weighted by Gasteiger charge is -2.20. The Morgan fingerprint density at radius 1 is 1.40 bits per heavy atom. The smallest absolute Gasteiger partial charge is 0.320 e. The first-order chi connectivity index (χ1) is 7.15. The van der Waals surface area contributed by atoms with E-state index in [0.717, 1.165) is 12.0 Å². The molecule has 0 heterocycles. The van der Waals surface area contributed by atoms with Crippen LogP contribution in [-0.4, -0.2) is 17.1 Å². The van der Waals surface area contributed by atoms with Crippen LogP contribution in [0.25, 0.3) is 0 Å². The van der Waals surface area contributed by atoms with Crippen molar-refractivity contribution in [2.45, 2.75) is 32.4 Å². The second-order valence-corrected chi connectivity index (χ2v) is 3.60. The molecule has 1 aromatic carbocycles. The summed E-state index contributed by atoms with van der Waals surface area (Å²) in [5.41, 5.74) is 1.13. The third-order valence-corrected chi connectivity index (χ3v) is 2.43. The van der Waals surface area contributed by atoms with Gasteiger partial charge in [-0.25, -0.2) is 0 Å². The molecule has 15 heavy (non-hydrogen) atoms. The normalized spacial score (nSPS) is 14.5. The van der Waals surface area contributed by atoms with Crippen LogP contribution in [0.4, 0.5) is 0 Å². The molecular weight excluding hydrogens is 190 g/mol. The first kappa shape index (κ1) is 11.7. The first-order valence-corrected chi connectivity index (χ1v) is 5.19. The average Bonchev–Trinajstić information content (AvgIpc) is 2.26. The summed E-state index contributed by atoms with van der Waals surface area (Å²) in [7, 11) is 0. The van der Waals surface area contributed by atoms with Crippen LogP contribution in [0.5, 0.6) is 0 Å². The molecule has 0 bridgehead atoms. The number of rotatable bonds is 5. The van der Waals surface area contributed by atoms with Crippen LogP contribution in [0.3, 0.4) is 0 Å². The molecule has 1 aromatic rings. The van der Waals surface area contributed by atoms with Crippen molar-refractivity contribution in [1.29, 1.82) is 0 Å². The molecule has 0 amide bonds. The lowest BCUT2D eigenvalue weighted by molar-refractivity contribution is -0.139. The van der Waals surface area contributed by atoms with Crippen molar-refractivity contribution in [2.75, 3.05) is 0 Å². The van der Waals surface area contributed by atoms with Crippen molar-refractivity contribution in [2.24, 2.45) is 0 Å². The summed E-state index contributed by atoms with van der Waals surface area (Å²) in [4.78, 5) is 10.7. The molecule has 0 spiro atoms. The van der Waals surface area contributed by atoms with Gasteiger partial charge in [0.15, 0.2) is 0 Å². The number of carboxylic acid groups (broad SMARTS) is 1. The van der Waals surface area contributed by atoms with E-state index < -0.39 is 12.0 Å². The van der Waals surface area contributed by atoms with E-state index in [-0.39, 0.29) is 6.04 Å². The van der Waals surface area contributed by atoms with Crippen LogP contribution in [0.2, 0.25) is 0 Å². The van der Waals surface area contributed by atoms with E-state index in [0.29, 0.717) is 0 Å². The Morgan fingerprint density at radius 2 is 2.00 bits per heavy atom. The second kappa shape index (κ2) is 5.51. The van der Waals surface area contributed by atoms with Gasteiger partial charge in [-0.05, 0) is 18.9 Å². The highest BCUT2D eigenvalue weighted by molar-refractivity contribution is 5.72. The highest BCUT2D eigenvalue weighted by Crippen LogP contribution is 2.16. The van der Waals surface area contributed by atoms with Crippen molar-refractivity contribution in [3.63, 3.8) is 0 Å². The van der Waals surface area contributed by atoms with Crippen LogP contribution in [0.15, 0.2) is 30.3 Å². The Kier molecular flexibility index (Phi) is 4.31. The molecular formula is C12H17NO2. The monoisotopic (exact) mass is 207 g/mol. The van der Waals surface area contributed by atoms with Gasteiger partial charge in [-0.3, -0.25) is 10.1 Å². The van der Waals surface area contributed by atoms with Gasteiger partial charge in [0.05, 0.1) is 0 Å². The van der Waals surface area contributed by atoms with E-state index in [4.69, 9.17) is 5.11 Å². The van der Waals surface area contributed by atoms with Gasteiger partial charge in [0.25, 0.3) is 0 Å². The molecule has 0 saturated heterocycles. The highest BCUT2D eigenvalue weighted by atomic mass is 16.4. The average molecular weight is 207 g/mol. The highest BCUT2D eigenvalue weighted by Gasteiger charge is 2.16. The van der Waals surface area contributed by atoms with E-state index >= 15 is 0 Å². The number of hydrogen-bond donors (Lipinski definition) is 2. The lowest BCUT2D eigenvalue weighted by Crippen LogP contribution is -2.36. The molecule has 2 atom stereocenters. The lowest BCUT2D eigenvalue weighted by atomic mass is 10.0. The van der Waals surface area contributed by atoms with Gasteiger partial charge in [0.2, 0.25) is 0 Å². The number of nitrogens with one attached hydrogen (secondary N) is 1. The van der Waals surface area contributed by atoms with Crippen LogP contribution < -0.4 is 5.32 Å². The topological polar surface area (TPSA) is 49.3 Å². The molecule has 0 aliphatic heterocycles. The Bertz CT molecular complexity index is 311. The minimum absolute atomic E-state index is 0.109. The van der Waals surface area contributed by atoms with Crippen molar-refractivity contribution in [3.05, 3.63) is 35.9 Å². The number of carbonyl (C=O) groups is 1. The molecule has 1 rings (SSSR count). The SMILES string of the molecule is CCC(N[C@@H](C)C(=O)O)c1ccccc1. The van der Waals surface area contributed by atoms with Gasteiger partial charge in [-0.2, -0.15) is 0 Å². The summed E-state index contributed by atoms with van der Waals surface area (Å²) in [6.07, 6.45) is 0.877. The molecule has 3 heteroatoms. The zero-order valence-corrected chi connectivity index (χ0v) is 9.10. The predicted octanol–water partition coefficient (Wildman–Crippen LogP) is 2.20. The summed E-state index contributed by atoms with van der Waals surface area (Å²) in [5.74, 6) is -0.815. The molecule has 0 fully saturated rings. The van der Waals surface area contributed by atoms with Gasteiger partial charge < -0.3 is 5.11 Å². The molecule has 3 nitrogen and oxygen atoms in total. The van der Waals surface area contributed by atoms with Crippen molar-refractivity contribution in [3.8, 4) is 0 Å². The quantitative estimate of drug-likeness (QED) is 0.778. The second-order valence-electron chi connectivity index (χ2n) is 3.60. The van der Waals surface area contributed by atoms with Crippen molar-refractivity contribution >= 4 is 5.97 Å². The Hall–Kier alpha value is -1.35. The third-order valence-electron chi connectivity index (χ3n) is 2.43. The molecule has 0 aliphatic rings. The summed E-state index contributed by atoms with van der Waals surface area (Å²) in [5, 5.41) is 11.9.